The minimum absolute atomic E-state index is 0.0147. The van der Waals surface area contributed by atoms with Gasteiger partial charge in [0.2, 0.25) is 10.0 Å². The van der Waals surface area contributed by atoms with Crippen LogP contribution < -0.4 is 14.9 Å². The van der Waals surface area contributed by atoms with Crippen LogP contribution in [0, 0.1) is 0 Å². The monoisotopic (exact) mass is 442 g/mol. The quantitative estimate of drug-likeness (QED) is 0.718. The van der Waals surface area contributed by atoms with Gasteiger partial charge in [0.25, 0.3) is 5.91 Å². The second-order valence-corrected chi connectivity index (χ2v) is 9.74. The summed E-state index contributed by atoms with van der Waals surface area (Å²) in [7, 11) is -3.53. The third-order valence-corrected chi connectivity index (χ3v) is 7.36. The molecule has 0 spiro atoms. The third kappa shape index (κ3) is 4.82. The molecule has 9 heteroatoms. The van der Waals surface area contributed by atoms with Gasteiger partial charge in [0.05, 0.1) is 11.4 Å². The Bertz CT molecular complexity index is 1080. The summed E-state index contributed by atoms with van der Waals surface area (Å²) in [6, 6.07) is 13.7. The number of hydrogen-bond acceptors (Lipinski definition) is 4. The third-order valence-electron chi connectivity index (χ3n) is 5.59. The summed E-state index contributed by atoms with van der Waals surface area (Å²) in [5.41, 5.74) is 2.74. The van der Waals surface area contributed by atoms with E-state index in [-0.39, 0.29) is 18.2 Å². The van der Waals surface area contributed by atoms with E-state index < -0.39 is 16.1 Å². The van der Waals surface area contributed by atoms with Crippen LogP contribution >= 0.6 is 0 Å². The van der Waals surface area contributed by atoms with Crippen LogP contribution in [0.1, 0.15) is 28.8 Å². The van der Waals surface area contributed by atoms with Gasteiger partial charge in [-0.15, -0.1) is 0 Å². The Morgan fingerprint density at radius 2 is 1.74 bits per heavy atom. The Morgan fingerprint density at radius 1 is 0.968 bits per heavy atom. The minimum atomic E-state index is -3.53. The van der Waals surface area contributed by atoms with Crippen LogP contribution in [0.2, 0.25) is 0 Å². The average molecular weight is 443 g/mol. The van der Waals surface area contributed by atoms with E-state index in [1.807, 2.05) is 18.2 Å². The number of likely N-dealkylation sites (tertiary alicyclic amines) is 1. The van der Waals surface area contributed by atoms with Crippen molar-refractivity contribution in [2.45, 2.75) is 19.3 Å². The molecule has 2 N–H and O–H groups in total. The van der Waals surface area contributed by atoms with Gasteiger partial charge in [0, 0.05) is 37.4 Å². The molecule has 2 aliphatic rings. The summed E-state index contributed by atoms with van der Waals surface area (Å²) < 4.78 is 26.8. The van der Waals surface area contributed by atoms with Crippen molar-refractivity contribution >= 4 is 33.3 Å². The fraction of sp³-hybridized carbons (Fsp3) is 0.364. The molecule has 0 radical (unpaired) electrons. The lowest BCUT2D eigenvalue weighted by Gasteiger charge is -2.19. The van der Waals surface area contributed by atoms with Gasteiger partial charge < -0.3 is 15.5 Å². The number of sulfonamides is 1. The van der Waals surface area contributed by atoms with E-state index in [4.69, 9.17) is 0 Å². The van der Waals surface area contributed by atoms with Crippen molar-refractivity contribution in [2.75, 3.05) is 41.6 Å². The molecule has 164 valence electrons. The number of rotatable bonds is 6. The second-order valence-electron chi connectivity index (χ2n) is 7.73. The van der Waals surface area contributed by atoms with Crippen molar-refractivity contribution in [2.24, 2.45) is 0 Å². The Hall–Kier alpha value is -3.07. The standard InChI is InChI=1S/C22H26N4O4S/c27-21(25-12-3-4-13-25)18-7-5-8-19(16-18)24-22(28)23-11-15-31(29,30)26-14-10-17-6-1-2-9-20(17)26/h1-2,5-9,16H,3-4,10-15H2,(H2,23,24,28). The zero-order valence-electron chi connectivity index (χ0n) is 17.2. The molecule has 2 heterocycles. The highest BCUT2D eigenvalue weighted by Gasteiger charge is 2.28. The van der Waals surface area contributed by atoms with Crippen molar-refractivity contribution in [3.8, 4) is 0 Å². The SMILES string of the molecule is O=C(NCCS(=O)(=O)N1CCc2ccccc21)Nc1cccc(C(=O)N2CCCC2)c1. The maximum absolute atomic E-state index is 12.7. The number of fused-ring (bicyclic) bond motifs is 1. The van der Waals surface area contributed by atoms with E-state index in [1.165, 1.54) is 4.31 Å². The van der Waals surface area contributed by atoms with Crippen molar-refractivity contribution < 1.29 is 18.0 Å². The number of hydrogen-bond donors (Lipinski definition) is 2. The van der Waals surface area contributed by atoms with Crippen molar-refractivity contribution in [3.05, 3.63) is 59.7 Å². The van der Waals surface area contributed by atoms with Crippen LogP contribution in [0.15, 0.2) is 48.5 Å². The predicted octanol–water partition coefficient (Wildman–Crippen LogP) is 2.44. The molecule has 2 aromatic rings. The first-order chi connectivity index (χ1) is 14.9. The molecule has 0 aliphatic carbocycles. The Morgan fingerprint density at radius 3 is 2.55 bits per heavy atom. The fourth-order valence-corrected chi connectivity index (χ4v) is 5.44. The van der Waals surface area contributed by atoms with Crippen LogP contribution in [0.5, 0.6) is 0 Å². The molecule has 1 saturated heterocycles. The van der Waals surface area contributed by atoms with Crippen LogP contribution in [0.4, 0.5) is 16.2 Å². The van der Waals surface area contributed by atoms with E-state index in [2.05, 4.69) is 10.6 Å². The highest BCUT2D eigenvalue weighted by atomic mass is 32.2. The van der Waals surface area contributed by atoms with E-state index in [0.717, 1.165) is 31.5 Å². The smallest absolute Gasteiger partial charge is 0.319 e. The lowest BCUT2D eigenvalue weighted by molar-refractivity contribution is 0.0793. The molecule has 2 aliphatic heterocycles. The molecule has 2 aromatic carbocycles. The first-order valence-corrected chi connectivity index (χ1v) is 12.1. The average Bonchev–Trinajstić information content (AvgIpc) is 3.43. The summed E-state index contributed by atoms with van der Waals surface area (Å²) in [4.78, 5) is 26.5. The molecule has 0 bridgehead atoms. The normalized spacial score (nSPS) is 15.6. The number of anilines is 2. The molecule has 31 heavy (non-hydrogen) atoms. The van der Waals surface area contributed by atoms with Gasteiger partial charge in [-0.2, -0.15) is 0 Å². The molecule has 0 saturated carbocycles. The number of carbonyl (C=O) groups excluding carboxylic acids is 2. The topological polar surface area (TPSA) is 98.8 Å². The molecular weight excluding hydrogens is 416 g/mol. The van der Waals surface area contributed by atoms with Gasteiger partial charge in [-0.25, -0.2) is 13.2 Å². The molecule has 4 rings (SSSR count). The molecule has 0 unspecified atom stereocenters. The number of nitrogens with zero attached hydrogens (tertiary/aromatic N) is 2. The summed E-state index contributed by atoms with van der Waals surface area (Å²) in [6.07, 6.45) is 2.71. The first kappa shape index (κ1) is 21.2. The highest BCUT2D eigenvalue weighted by Crippen LogP contribution is 2.29. The van der Waals surface area contributed by atoms with Crippen LogP contribution in [0.25, 0.3) is 0 Å². The summed E-state index contributed by atoms with van der Waals surface area (Å²) >= 11 is 0. The second kappa shape index (κ2) is 8.97. The maximum atomic E-state index is 12.7. The summed E-state index contributed by atoms with van der Waals surface area (Å²) in [5.74, 6) is -0.235. The van der Waals surface area contributed by atoms with E-state index in [0.29, 0.717) is 29.9 Å². The van der Waals surface area contributed by atoms with E-state index in [9.17, 15) is 18.0 Å². The minimum Gasteiger partial charge on any atom is -0.339 e. The number of para-hydroxylation sites is 1. The van der Waals surface area contributed by atoms with E-state index >= 15 is 0 Å². The van der Waals surface area contributed by atoms with Crippen molar-refractivity contribution in [1.82, 2.24) is 10.2 Å². The van der Waals surface area contributed by atoms with Crippen LogP contribution in [-0.4, -0.2) is 57.2 Å². The Balaban J connectivity index is 1.30. The van der Waals surface area contributed by atoms with Crippen molar-refractivity contribution in [1.29, 1.82) is 0 Å². The summed E-state index contributed by atoms with van der Waals surface area (Å²) in [5, 5.41) is 5.26. The fourth-order valence-electron chi connectivity index (χ4n) is 4.01. The van der Waals surface area contributed by atoms with Crippen LogP contribution in [-0.2, 0) is 16.4 Å². The lowest BCUT2D eigenvalue weighted by Crippen LogP contribution is -2.38. The van der Waals surface area contributed by atoms with Gasteiger partial charge in [0.15, 0.2) is 0 Å². The molecule has 0 aromatic heterocycles. The van der Waals surface area contributed by atoms with Gasteiger partial charge in [-0.3, -0.25) is 9.10 Å². The zero-order valence-corrected chi connectivity index (χ0v) is 18.0. The number of amides is 3. The molecule has 3 amide bonds. The zero-order chi connectivity index (χ0) is 21.8. The largest absolute Gasteiger partial charge is 0.339 e. The Labute approximate surface area is 182 Å². The van der Waals surface area contributed by atoms with Gasteiger partial charge in [0.1, 0.15) is 0 Å². The number of benzene rings is 2. The number of nitrogens with one attached hydrogen (secondary N) is 2. The predicted molar refractivity (Wildman–Crippen MR) is 120 cm³/mol. The van der Waals surface area contributed by atoms with Crippen LogP contribution in [0.3, 0.4) is 0 Å². The lowest BCUT2D eigenvalue weighted by atomic mass is 10.2. The number of urea groups is 1. The molecular formula is C22H26N4O4S. The first-order valence-electron chi connectivity index (χ1n) is 10.5. The highest BCUT2D eigenvalue weighted by molar-refractivity contribution is 7.92. The molecule has 0 atom stereocenters. The van der Waals surface area contributed by atoms with Gasteiger partial charge >= 0.3 is 6.03 Å². The van der Waals surface area contributed by atoms with Crippen molar-refractivity contribution in [3.63, 3.8) is 0 Å². The van der Waals surface area contributed by atoms with Gasteiger partial charge in [-0.1, -0.05) is 24.3 Å². The van der Waals surface area contributed by atoms with E-state index in [1.54, 1.807) is 35.2 Å². The maximum Gasteiger partial charge on any atom is 0.319 e. The Kier molecular flexibility index (Phi) is 6.13. The molecule has 8 nitrogen and oxygen atoms in total. The van der Waals surface area contributed by atoms with Gasteiger partial charge in [-0.05, 0) is 49.1 Å². The summed E-state index contributed by atoms with van der Waals surface area (Å²) in [6.45, 7) is 1.92. The molecule has 1 fully saturated rings. The number of carbonyl (C=O) groups is 2.